The van der Waals surface area contributed by atoms with Crippen LogP contribution >= 0.6 is 11.6 Å². The van der Waals surface area contributed by atoms with Crippen LogP contribution in [0.2, 0.25) is 5.02 Å². The van der Waals surface area contributed by atoms with Gasteiger partial charge >= 0.3 is 0 Å². The first kappa shape index (κ1) is 22.6. The molecule has 4 rings (SSSR count). The van der Waals surface area contributed by atoms with Crippen LogP contribution < -0.4 is 10.1 Å². The Labute approximate surface area is 193 Å². The standard InChI is InChI=1S/C23H24ClN3O4S/c1-31-21-9-8-19(13-20(21)24)32(29,30)27-12-2-3-16(14-27)22(28)26-18-6-4-17(5-7-18)23(15-25)10-11-23/h4-9,13,16H,2-3,10-12,14H2,1H3,(H,26,28)/t16-/m1/s1. The highest BCUT2D eigenvalue weighted by molar-refractivity contribution is 7.89. The molecule has 9 heteroatoms. The molecule has 7 nitrogen and oxygen atoms in total. The van der Waals surface area contributed by atoms with E-state index in [2.05, 4.69) is 11.4 Å². The molecule has 0 radical (unpaired) electrons. The summed E-state index contributed by atoms with van der Waals surface area (Å²) in [7, 11) is -2.32. The first-order valence-electron chi connectivity index (χ1n) is 10.5. The molecule has 1 aliphatic heterocycles. The number of ether oxygens (including phenoxy) is 1. The highest BCUT2D eigenvalue weighted by atomic mass is 35.5. The van der Waals surface area contributed by atoms with Crippen molar-refractivity contribution >= 4 is 33.2 Å². The van der Waals surface area contributed by atoms with Gasteiger partial charge in [0.15, 0.2) is 0 Å². The maximum Gasteiger partial charge on any atom is 0.243 e. The molecule has 1 aliphatic carbocycles. The molecule has 0 spiro atoms. The zero-order valence-corrected chi connectivity index (χ0v) is 19.2. The van der Waals surface area contributed by atoms with E-state index in [9.17, 15) is 18.5 Å². The van der Waals surface area contributed by atoms with Crippen LogP contribution in [-0.2, 0) is 20.2 Å². The molecule has 2 aromatic carbocycles. The molecule has 2 aromatic rings. The summed E-state index contributed by atoms with van der Waals surface area (Å²) in [6, 6.07) is 14.0. The molecule has 1 saturated heterocycles. The molecule has 1 atom stereocenters. The summed E-state index contributed by atoms with van der Waals surface area (Å²) in [4.78, 5) is 12.9. The van der Waals surface area contributed by atoms with E-state index >= 15 is 0 Å². The van der Waals surface area contributed by atoms with Gasteiger partial charge in [-0.25, -0.2) is 8.42 Å². The van der Waals surface area contributed by atoms with E-state index in [-0.39, 0.29) is 27.8 Å². The largest absolute Gasteiger partial charge is 0.495 e. The molecule has 1 N–H and O–H groups in total. The second-order valence-electron chi connectivity index (χ2n) is 8.26. The monoisotopic (exact) mass is 473 g/mol. The second kappa shape index (κ2) is 8.74. The summed E-state index contributed by atoms with van der Waals surface area (Å²) in [6.07, 6.45) is 2.92. The van der Waals surface area contributed by atoms with E-state index in [1.54, 1.807) is 12.1 Å². The van der Waals surface area contributed by atoms with Crippen molar-refractivity contribution < 1.29 is 17.9 Å². The van der Waals surface area contributed by atoms with Crippen molar-refractivity contribution in [2.45, 2.75) is 36.0 Å². The Hall–Kier alpha value is -2.60. The van der Waals surface area contributed by atoms with Crippen LogP contribution in [0.25, 0.3) is 0 Å². The van der Waals surface area contributed by atoms with Crippen LogP contribution in [0.4, 0.5) is 5.69 Å². The Morgan fingerprint density at radius 2 is 1.97 bits per heavy atom. The van der Waals surface area contributed by atoms with E-state index in [1.807, 2.05) is 12.1 Å². The van der Waals surface area contributed by atoms with Gasteiger partial charge < -0.3 is 10.1 Å². The number of nitrogens with zero attached hydrogens (tertiary/aromatic N) is 2. The van der Waals surface area contributed by atoms with Crippen LogP contribution in [-0.4, -0.2) is 38.8 Å². The highest BCUT2D eigenvalue weighted by Crippen LogP contribution is 2.47. The summed E-state index contributed by atoms with van der Waals surface area (Å²) < 4.78 is 32.6. The third kappa shape index (κ3) is 4.33. The summed E-state index contributed by atoms with van der Waals surface area (Å²) in [5.41, 5.74) is 1.23. The van der Waals surface area contributed by atoms with Gasteiger partial charge in [-0.3, -0.25) is 4.79 Å². The van der Waals surface area contributed by atoms with Crippen LogP contribution in [0.3, 0.4) is 0 Å². The summed E-state index contributed by atoms with van der Waals surface area (Å²) in [5, 5.41) is 12.4. The average Bonchev–Trinajstić information content (AvgIpc) is 3.61. The SMILES string of the molecule is COc1ccc(S(=O)(=O)N2CCC[C@@H](C(=O)Nc3ccc(C4(C#N)CC4)cc3)C2)cc1Cl. The number of nitrogens with one attached hydrogen (secondary N) is 1. The van der Waals surface area contributed by atoms with Gasteiger partial charge in [0.05, 0.1) is 34.4 Å². The van der Waals surface area contributed by atoms with E-state index in [0.29, 0.717) is 30.8 Å². The summed E-state index contributed by atoms with van der Waals surface area (Å²) in [6.45, 7) is 0.453. The van der Waals surface area contributed by atoms with Gasteiger partial charge in [0.25, 0.3) is 0 Å². The van der Waals surface area contributed by atoms with Crippen molar-refractivity contribution in [2.75, 3.05) is 25.5 Å². The molecule has 0 unspecified atom stereocenters. The lowest BCUT2D eigenvalue weighted by Gasteiger charge is -2.31. The molecular weight excluding hydrogens is 450 g/mol. The van der Waals surface area contributed by atoms with Crippen LogP contribution in [0.1, 0.15) is 31.2 Å². The third-order valence-electron chi connectivity index (χ3n) is 6.18. The molecule has 1 saturated carbocycles. The normalized spacial score (nSPS) is 20.2. The van der Waals surface area contributed by atoms with Gasteiger partial charge in [0, 0.05) is 18.8 Å². The number of benzene rings is 2. The fraction of sp³-hybridized carbons (Fsp3) is 0.391. The molecule has 1 amide bonds. The van der Waals surface area contributed by atoms with Crippen LogP contribution in [0.15, 0.2) is 47.4 Å². The number of carbonyl (C=O) groups excluding carboxylic acids is 1. The van der Waals surface area contributed by atoms with Gasteiger partial charge in [-0.1, -0.05) is 23.7 Å². The number of methoxy groups -OCH3 is 1. The molecule has 1 heterocycles. The van der Waals surface area contributed by atoms with Crippen LogP contribution in [0.5, 0.6) is 5.75 Å². The molecule has 0 bridgehead atoms. The predicted octanol–water partition coefficient (Wildman–Crippen LogP) is 3.94. The smallest absolute Gasteiger partial charge is 0.243 e. The lowest BCUT2D eigenvalue weighted by molar-refractivity contribution is -0.120. The minimum Gasteiger partial charge on any atom is -0.495 e. The minimum absolute atomic E-state index is 0.0754. The van der Waals surface area contributed by atoms with Crippen molar-refractivity contribution in [3.8, 4) is 11.8 Å². The minimum atomic E-state index is -3.78. The third-order valence-corrected chi connectivity index (χ3v) is 8.34. The van der Waals surface area contributed by atoms with Gasteiger partial charge in [-0.2, -0.15) is 9.57 Å². The second-order valence-corrected chi connectivity index (χ2v) is 10.6. The molecular formula is C23H24ClN3O4S. The first-order valence-corrected chi connectivity index (χ1v) is 12.3. The number of nitriles is 1. The Kier molecular flexibility index (Phi) is 6.17. The number of amides is 1. The number of halogens is 1. The van der Waals surface area contributed by atoms with E-state index in [0.717, 1.165) is 18.4 Å². The fourth-order valence-corrected chi connectivity index (χ4v) is 5.91. The van der Waals surface area contributed by atoms with Gasteiger partial charge in [0.1, 0.15) is 5.75 Å². The Balaban J connectivity index is 1.43. The summed E-state index contributed by atoms with van der Waals surface area (Å²) in [5.74, 6) is -0.275. The van der Waals surface area contributed by atoms with Gasteiger partial charge in [-0.05, 0) is 61.6 Å². The lowest BCUT2D eigenvalue weighted by Crippen LogP contribution is -2.43. The highest BCUT2D eigenvalue weighted by Gasteiger charge is 2.44. The number of rotatable bonds is 6. The molecule has 2 aliphatic rings. The first-order chi connectivity index (χ1) is 15.3. The van der Waals surface area contributed by atoms with Crippen LogP contribution in [0, 0.1) is 17.2 Å². The number of anilines is 1. The molecule has 2 fully saturated rings. The van der Waals surface area contributed by atoms with Crippen molar-refractivity contribution in [1.82, 2.24) is 4.31 Å². The van der Waals surface area contributed by atoms with Gasteiger partial charge in [0.2, 0.25) is 15.9 Å². The van der Waals surface area contributed by atoms with Crippen molar-refractivity contribution in [3.05, 3.63) is 53.1 Å². The zero-order chi connectivity index (χ0) is 22.9. The summed E-state index contributed by atoms with van der Waals surface area (Å²) >= 11 is 6.11. The molecule has 168 valence electrons. The maximum absolute atomic E-state index is 13.1. The van der Waals surface area contributed by atoms with Crippen molar-refractivity contribution in [2.24, 2.45) is 5.92 Å². The predicted molar refractivity (Wildman–Crippen MR) is 121 cm³/mol. The lowest BCUT2D eigenvalue weighted by atomic mass is 9.97. The van der Waals surface area contributed by atoms with E-state index in [1.165, 1.54) is 29.6 Å². The fourth-order valence-electron chi connectivity index (χ4n) is 4.04. The number of hydrogen-bond acceptors (Lipinski definition) is 5. The van der Waals surface area contributed by atoms with E-state index in [4.69, 9.17) is 16.3 Å². The number of carbonyl (C=O) groups is 1. The van der Waals surface area contributed by atoms with Gasteiger partial charge in [-0.15, -0.1) is 0 Å². The topological polar surface area (TPSA) is 99.5 Å². The van der Waals surface area contributed by atoms with Crippen molar-refractivity contribution in [3.63, 3.8) is 0 Å². The zero-order valence-electron chi connectivity index (χ0n) is 17.7. The molecule has 32 heavy (non-hydrogen) atoms. The quantitative estimate of drug-likeness (QED) is 0.684. The Bertz CT molecular complexity index is 1170. The Morgan fingerprint density at radius 1 is 1.25 bits per heavy atom. The Morgan fingerprint density at radius 3 is 2.56 bits per heavy atom. The molecule has 0 aromatic heterocycles. The number of piperidine rings is 1. The average molecular weight is 474 g/mol. The van der Waals surface area contributed by atoms with E-state index < -0.39 is 15.9 Å². The maximum atomic E-state index is 13.1. The number of sulfonamides is 1. The number of hydrogen-bond donors (Lipinski definition) is 1. The van der Waals surface area contributed by atoms with Crippen molar-refractivity contribution in [1.29, 1.82) is 5.26 Å².